The van der Waals surface area contributed by atoms with Crippen LogP contribution in [0.1, 0.15) is 49.9 Å². The summed E-state index contributed by atoms with van der Waals surface area (Å²) in [6.07, 6.45) is 3.46. The smallest absolute Gasteiger partial charge is 0.00577 e. The van der Waals surface area contributed by atoms with Gasteiger partial charge in [-0.15, -0.1) is 0 Å². The lowest BCUT2D eigenvalue weighted by Crippen LogP contribution is -2.10. The maximum Gasteiger partial charge on any atom is -0.00577 e. The van der Waals surface area contributed by atoms with Crippen molar-refractivity contribution < 1.29 is 0 Å². The van der Waals surface area contributed by atoms with Crippen molar-refractivity contribution in [3.05, 3.63) is 64.2 Å². The molecule has 0 saturated carbocycles. The average molecular weight is 276 g/mol. The largest absolute Gasteiger partial charge is 0.0683 e. The van der Waals surface area contributed by atoms with Crippen LogP contribution in [0, 0.1) is 6.92 Å². The van der Waals surface area contributed by atoms with Crippen molar-refractivity contribution in [3.63, 3.8) is 0 Å². The van der Waals surface area contributed by atoms with E-state index in [2.05, 4.69) is 77.1 Å². The van der Waals surface area contributed by atoms with Gasteiger partial charge in [-0.05, 0) is 59.1 Å². The maximum absolute atomic E-state index is 2.36. The Balaban J connectivity index is 2.08. The standard InChI is InChI=1S/C21H24/c1-14-12-19-15(2)6-11-18(20(19)13-14)16-7-9-17(10-8-16)21(3,4)5/h6-11,13H,12H2,1-5H3. The number of fused-ring (bicyclic) bond motifs is 1. The van der Waals surface area contributed by atoms with E-state index in [9.17, 15) is 0 Å². The molecule has 21 heavy (non-hydrogen) atoms. The molecule has 0 amide bonds. The van der Waals surface area contributed by atoms with Gasteiger partial charge in [0.1, 0.15) is 0 Å². The highest BCUT2D eigenvalue weighted by Gasteiger charge is 2.18. The molecule has 2 aromatic rings. The molecule has 1 aliphatic rings. The number of aryl methyl sites for hydroxylation is 1. The van der Waals surface area contributed by atoms with Crippen molar-refractivity contribution in [2.45, 2.75) is 46.5 Å². The van der Waals surface area contributed by atoms with Crippen molar-refractivity contribution in [2.24, 2.45) is 0 Å². The molecule has 0 nitrogen and oxygen atoms in total. The molecule has 0 fully saturated rings. The molecule has 1 aliphatic carbocycles. The monoisotopic (exact) mass is 276 g/mol. The Bertz CT molecular complexity index is 707. The Hall–Kier alpha value is -1.82. The van der Waals surface area contributed by atoms with E-state index >= 15 is 0 Å². The van der Waals surface area contributed by atoms with Crippen LogP contribution in [0.25, 0.3) is 17.2 Å². The number of benzene rings is 2. The van der Waals surface area contributed by atoms with Crippen molar-refractivity contribution in [2.75, 3.05) is 0 Å². The molecule has 0 N–H and O–H groups in total. The van der Waals surface area contributed by atoms with Gasteiger partial charge < -0.3 is 0 Å². The molecule has 3 rings (SSSR count). The van der Waals surface area contributed by atoms with Crippen LogP contribution in [0.15, 0.2) is 42.0 Å². The summed E-state index contributed by atoms with van der Waals surface area (Å²) in [5.74, 6) is 0. The maximum atomic E-state index is 2.36. The Labute approximate surface area is 128 Å². The van der Waals surface area contributed by atoms with Gasteiger partial charge in [0.05, 0.1) is 0 Å². The van der Waals surface area contributed by atoms with E-state index in [1.807, 2.05) is 0 Å². The normalized spacial score (nSPS) is 14.0. The van der Waals surface area contributed by atoms with Crippen LogP contribution in [0.4, 0.5) is 0 Å². The SMILES string of the molecule is CC1=Cc2c(-c3ccc(C(C)(C)C)cc3)ccc(C)c2C1. The molecular formula is C21H24. The fraction of sp³-hybridized carbons (Fsp3) is 0.333. The fourth-order valence-corrected chi connectivity index (χ4v) is 3.15. The second kappa shape index (κ2) is 4.87. The summed E-state index contributed by atoms with van der Waals surface area (Å²) in [4.78, 5) is 0. The number of hydrogen-bond donors (Lipinski definition) is 0. The minimum atomic E-state index is 0.213. The summed E-state index contributed by atoms with van der Waals surface area (Å²) in [5, 5.41) is 0. The van der Waals surface area contributed by atoms with Gasteiger partial charge >= 0.3 is 0 Å². The van der Waals surface area contributed by atoms with E-state index < -0.39 is 0 Å². The predicted octanol–water partition coefficient (Wildman–Crippen LogP) is 5.92. The molecular weight excluding hydrogens is 252 g/mol. The summed E-state index contributed by atoms with van der Waals surface area (Å²) in [7, 11) is 0. The van der Waals surface area contributed by atoms with Crippen LogP contribution >= 0.6 is 0 Å². The number of allylic oxidation sites excluding steroid dienone is 1. The van der Waals surface area contributed by atoms with Gasteiger partial charge in [-0.25, -0.2) is 0 Å². The Morgan fingerprint density at radius 1 is 0.857 bits per heavy atom. The third kappa shape index (κ3) is 2.55. The topological polar surface area (TPSA) is 0 Å². The minimum absolute atomic E-state index is 0.213. The second-order valence-corrected chi connectivity index (χ2v) is 7.32. The van der Waals surface area contributed by atoms with E-state index in [0.29, 0.717) is 0 Å². The third-order valence-electron chi connectivity index (χ3n) is 4.50. The van der Waals surface area contributed by atoms with Crippen molar-refractivity contribution in [1.82, 2.24) is 0 Å². The highest BCUT2D eigenvalue weighted by Crippen LogP contribution is 2.36. The number of hydrogen-bond acceptors (Lipinski definition) is 0. The molecule has 0 spiro atoms. The van der Waals surface area contributed by atoms with E-state index in [0.717, 1.165) is 6.42 Å². The lowest BCUT2D eigenvalue weighted by Gasteiger charge is -2.19. The lowest BCUT2D eigenvalue weighted by atomic mass is 9.85. The van der Waals surface area contributed by atoms with Gasteiger partial charge in [0.25, 0.3) is 0 Å². The van der Waals surface area contributed by atoms with Crippen LogP contribution in [0.5, 0.6) is 0 Å². The molecule has 0 heteroatoms. The quantitative estimate of drug-likeness (QED) is 0.606. The van der Waals surface area contributed by atoms with Gasteiger partial charge in [-0.3, -0.25) is 0 Å². The molecule has 0 aliphatic heterocycles. The molecule has 0 atom stereocenters. The Morgan fingerprint density at radius 3 is 2.14 bits per heavy atom. The van der Waals surface area contributed by atoms with Gasteiger partial charge in [0, 0.05) is 0 Å². The molecule has 0 saturated heterocycles. The lowest BCUT2D eigenvalue weighted by molar-refractivity contribution is 0.590. The Morgan fingerprint density at radius 2 is 1.52 bits per heavy atom. The van der Waals surface area contributed by atoms with Crippen LogP contribution in [-0.2, 0) is 11.8 Å². The predicted molar refractivity (Wildman–Crippen MR) is 92.7 cm³/mol. The van der Waals surface area contributed by atoms with Crippen molar-refractivity contribution in [1.29, 1.82) is 0 Å². The summed E-state index contributed by atoms with van der Waals surface area (Å²) in [6.45, 7) is 11.2. The van der Waals surface area contributed by atoms with Crippen LogP contribution < -0.4 is 0 Å². The van der Waals surface area contributed by atoms with E-state index in [1.165, 1.54) is 39.0 Å². The molecule has 0 heterocycles. The first-order chi connectivity index (χ1) is 9.86. The first-order valence-corrected chi connectivity index (χ1v) is 7.77. The molecule has 0 unspecified atom stereocenters. The van der Waals surface area contributed by atoms with Gasteiger partial charge in [0.15, 0.2) is 0 Å². The van der Waals surface area contributed by atoms with Gasteiger partial charge in [-0.2, -0.15) is 0 Å². The zero-order valence-corrected chi connectivity index (χ0v) is 13.7. The first-order valence-electron chi connectivity index (χ1n) is 7.77. The summed E-state index contributed by atoms with van der Waals surface area (Å²) >= 11 is 0. The zero-order valence-electron chi connectivity index (χ0n) is 13.7. The van der Waals surface area contributed by atoms with Crippen LogP contribution in [-0.4, -0.2) is 0 Å². The van der Waals surface area contributed by atoms with Crippen molar-refractivity contribution in [3.8, 4) is 11.1 Å². The van der Waals surface area contributed by atoms with Crippen LogP contribution in [0.2, 0.25) is 0 Å². The minimum Gasteiger partial charge on any atom is -0.0683 e. The zero-order chi connectivity index (χ0) is 15.2. The Kier molecular flexibility index (Phi) is 3.28. The second-order valence-electron chi connectivity index (χ2n) is 7.32. The molecule has 2 aromatic carbocycles. The molecule has 0 aromatic heterocycles. The van der Waals surface area contributed by atoms with E-state index in [4.69, 9.17) is 0 Å². The first kappa shape index (κ1) is 14.1. The number of rotatable bonds is 1. The average Bonchev–Trinajstić information content (AvgIpc) is 2.81. The van der Waals surface area contributed by atoms with Crippen molar-refractivity contribution >= 4 is 6.08 Å². The third-order valence-corrected chi connectivity index (χ3v) is 4.50. The highest BCUT2D eigenvalue weighted by atomic mass is 14.2. The molecule has 0 bridgehead atoms. The molecule has 0 radical (unpaired) electrons. The highest BCUT2D eigenvalue weighted by molar-refractivity contribution is 5.81. The van der Waals surface area contributed by atoms with E-state index in [1.54, 1.807) is 0 Å². The summed E-state index contributed by atoms with van der Waals surface area (Å²) in [6, 6.07) is 13.6. The van der Waals surface area contributed by atoms with Crippen LogP contribution in [0.3, 0.4) is 0 Å². The molecule has 108 valence electrons. The summed E-state index contributed by atoms with van der Waals surface area (Å²) in [5.41, 5.74) is 10.1. The van der Waals surface area contributed by atoms with Gasteiger partial charge in [0.2, 0.25) is 0 Å². The van der Waals surface area contributed by atoms with E-state index in [-0.39, 0.29) is 5.41 Å². The fourth-order valence-electron chi connectivity index (χ4n) is 3.15. The van der Waals surface area contributed by atoms with Gasteiger partial charge in [-0.1, -0.05) is 68.8 Å². The summed E-state index contributed by atoms with van der Waals surface area (Å²) < 4.78 is 0.